The molecule has 2 aliphatic carbocycles. The first kappa shape index (κ1) is 13.5. The Morgan fingerprint density at radius 2 is 2.06 bits per heavy atom. The van der Waals surface area contributed by atoms with Crippen molar-refractivity contribution in [3.63, 3.8) is 0 Å². The van der Waals surface area contributed by atoms with Gasteiger partial charge in [-0.2, -0.15) is 0 Å². The molecule has 0 saturated heterocycles. The maximum Gasteiger partial charge on any atom is 0.0373 e. The Kier molecular flexibility index (Phi) is 5.10. The van der Waals surface area contributed by atoms with E-state index in [0.29, 0.717) is 0 Å². The molecule has 0 bridgehead atoms. The highest BCUT2D eigenvalue weighted by Crippen LogP contribution is 2.35. The Morgan fingerprint density at radius 1 is 1.22 bits per heavy atom. The molecule has 0 fully saturated rings. The number of unbranched alkanes of at least 4 members (excludes halogenated alkanes) is 2. The highest BCUT2D eigenvalue weighted by molar-refractivity contribution is 5.40. The normalized spacial score (nSPS) is 19.3. The highest BCUT2D eigenvalue weighted by Gasteiger charge is 2.19. The van der Waals surface area contributed by atoms with Crippen LogP contribution in [-0.2, 0) is 0 Å². The van der Waals surface area contributed by atoms with Crippen molar-refractivity contribution in [1.29, 1.82) is 0 Å². The predicted octanol–water partition coefficient (Wildman–Crippen LogP) is 5.22. The van der Waals surface area contributed by atoms with Gasteiger partial charge in [0.2, 0.25) is 0 Å². The Hall–Kier alpha value is -0.980. The Morgan fingerprint density at radius 3 is 2.89 bits per heavy atom. The molecule has 0 amide bonds. The maximum atomic E-state index is 4.18. The lowest BCUT2D eigenvalue weighted by molar-refractivity contribution is 0.627. The highest BCUT2D eigenvalue weighted by atomic mass is 14.9. The van der Waals surface area contributed by atoms with E-state index in [-0.39, 0.29) is 0 Å². The number of nitrogens with one attached hydrogen (secondary N) is 1. The summed E-state index contributed by atoms with van der Waals surface area (Å²) in [7, 11) is 0. The second-order valence-electron chi connectivity index (χ2n) is 5.63. The summed E-state index contributed by atoms with van der Waals surface area (Å²) in [6.45, 7) is 6.43. The van der Waals surface area contributed by atoms with E-state index in [0.717, 1.165) is 6.42 Å². The van der Waals surface area contributed by atoms with Gasteiger partial charge in [-0.3, -0.25) is 0 Å². The van der Waals surface area contributed by atoms with Gasteiger partial charge in [0.05, 0.1) is 0 Å². The van der Waals surface area contributed by atoms with E-state index in [4.69, 9.17) is 0 Å². The number of hydrogen-bond donors (Lipinski definition) is 1. The van der Waals surface area contributed by atoms with E-state index >= 15 is 0 Å². The van der Waals surface area contributed by atoms with Crippen molar-refractivity contribution in [3.05, 3.63) is 35.2 Å². The molecule has 1 N–H and O–H groups in total. The van der Waals surface area contributed by atoms with Gasteiger partial charge < -0.3 is 5.32 Å². The molecule has 0 radical (unpaired) electrons. The third-order valence-electron chi connectivity index (χ3n) is 4.10. The molecule has 0 aromatic carbocycles. The number of hydrogen-bond acceptors (Lipinski definition) is 1. The molecule has 18 heavy (non-hydrogen) atoms. The zero-order valence-corrected chi connectivity index (χ0v) is 11.9. The third-order valence-corrected chi connectivity index (χ3v) is 4.10. The maximum absolute atomic E-state index is 4.18. The molecule has 2 rings (SSSR count). The number of allylic oxidation sites excluding steroid dienone is 4. The Balaban J connectivity index is 1.90. The standard InChI is InChI=1S/C17H27N/c1-3-4-5-9-14(2)18-17-13-8-11-15-10-6-7-12-16(15)17/h13,18H,2-12H2,1H3. The zero-order valence-electron chi connectivity index (χ0n) is 11.9. The van der Waals surface area contributed by atoms with Gasteiger partial charge in [0.25, 0.3) is 0 Å². The SMILES string of the molecule is C=C(CCCCC)NC1=CCCC2=C1CCCC2. The first-order chi connectivity index (χ1) is 8.81. The molecule has 0 saturated carbocycles. The molecule has 1 nitrogen and oxygen atoms in total. The molecule has 0 aliphatic heterocycles. The summed E-state index contributed by atoms with van der Waals surface area (Å²) in [5.74, 6) is 0. The van der Waals surface area contributed by atoms with Crippen LogP contribution in [0.5, 0.6) is 0 Å². The van der Waals surface area contributed by atoms with Crippen LogP contribution in [0.15, 0.2) is 35.2 Å². The van der Waals surface area contributed by atoms with E-state index in [1.165, 1.54) is 69.2 Å². The summed E-state index contributed by atoms with van der Waals surface area (Å²) in [6, 6.07) is 0. The van der Waals surface area contributed by atoms with E-state index in [2.05, 4.69) is 24.9 Å². The smallest absolute Gasteiger partial charge is 0.0373 e. The van der Waals surface area contributed by atoms with Gasteiger partial charge in [-0.05, 0) is 56.9 Å². The summed E-state index contributed by atoms with van der Waals surface area (Å²) in [5.41, 5.74) is 5.92. The molecule has 0 aromatic rings. The van der Waals surface area contributed by atoms with Crippen LogP contribution in [0.3, 0.4) is 0 Å². The van der Waals surface area contributed by atoms with Crippen LogP contribution in [0.2, 0.25) is 0 Å². The van der Waals surface area contributed by atoms with Gasteiger partial charge in [0.15, 0.2) is 0 Å². The lowest BCUT2D eigenvalue weighted by atomic mass is 9.84. The molecule has 0 aromatic heterocycles. The molecule has 2 aliphatic rings. The van der Waals surface area contributed by atoms with Crippen LogP contribution in [0.25, 0.3) is 0 Å². The van der Waals surface area contributed by atoms with Crippen molar-refractivity contribution >= 4 is 0 Å². The topological polar surface area (TPSA) is 12.0 Å². The van der Waals surface area contributed by atoms with Crippen LogP contribution in [-0.4, -0.2) is 0 Å². The zero-order chi connectivity index (χ0) is 12.8. The fourth-order valence-electron chi connectivity index (χ4n) is 3.05. The second-order valence-corrected chi connectivity index (χ2v) is 5.63. The van der Waals surface area contributed by atoms with Crippen molar-refractivity contribution < 1.29 is 0 Å². The molecule has 0 heterocycles. The van der Waals surface area contributed by atoms with Gasteiger partial charge in [0.1, 0.15) is 0 Å². The average molecular weight is 245 g/mol. The lowest BCUT2D eigenvalue weighted by Crippen LogP contribution is -2.19. The molecule has 0 atom stereocenters. The lowest BCUT2D eigenvalue weighted by Gasteiger charge is -2.27. The van der Waals surface area contributed by atoms with E-state index in [1.807, 2.05) is 0 Å². The van der Waals surface area contributed by atoms with E-state index < -0.39 is 0 Å². The van der Waals surface area contributed by atoms with Crippen molar-refractivity contribution in [1.82, 2.24) is 5.32 Å². The summed E-state index contributed by atoms with van der Waals surface area (Å²) >= 11 is 0. The van der Waals surface area contributed by atoms with Crippen LogP contribution in [0.1, 0.15) is 71.1 Å². The molecular weight excluding hydrogens is 218 g/mol. The minimum atomic E-state index is 1.12. The van der Waals surface area contributed by atoms with Crippen molar-refractivity contribution in [2.75, 3.05) is 0 Å². The minimum absolute atomic E-state index is 1.12. The van der Waals surface area contributed by atoms with Crippen LogP contribution >= 0.6 is 0 Å². The minimum Gasteiger partial charge on any atom is -0.359 e. The Labute approximate surface area is 112 Å². The van der Waals surface area contributed by atoms with Crippen molar-refractivity contribution in [2.45, 2.75) is 71.1 Å². The first-order valence-corrected chi connectivity index (χ1v) is 7.67. The van der Waals surface area contributed by atoms with Crippen LogP contribution in [0, 0.1) is 0 Å². The fourth-order valence-corrected chi connectivity index (χ4v) is 3.05. The fraction of sp³-hybridized carbons (Fsp3) is 0.647. The molecule has 100 valence electrons. The second kappa shape index (κ2) is 6.82. The van der Waals surface area contributed by atoms with Gasteiger partial charge in [-0.25, -0.2) is 0 Å². The molecular formula is C17H27N. The monoisotopic (exact) mass is 245 g/mol. The number of rotatable bonds is 6. The van der Waals surface area contributed by atoms with Gasteiger partial charge in [-0.1, -0.05) is 38.0 Å². The summed E-state index contributed by atoms with van der Waals surface area (Å²) in [6.07, 6.45) is 15.2. The third kappa shape index (κ3) is 3.51. The Bertz CT molecular complexity index is 360. The quantitative estimate of drug-likeness (QED) is 0.633. The molecule has 1 heteroatoms. The summed E-state index contributed by atoms with van der Waals surface area (Å²) < 4.78 is 0. The van der Waals surface area contributed by atoms with Crippen molar-refractivity contribution in [3.8, 4) is 0 Å². The van der Waals surface area contributed by atoms with Gasteiger partial charge in [0, 0.05) is 11.4 Å². The summed E-state index contributed by atoms with van der Waals surface area (Å²) in [4.78, 5) is 0. The van der Waals surface area contributed by atoms with Crippen LogP contribution < -0.4 is 5.32 Å². The van der Waals surface area contributed by atoms with Gasteiger partial charge in [-0.15, -0.1) is 0 Å². The largest absolute Gasteiger partial charge is 0.359 e. The first-order valence-electron chi connectivity index (χ1n) is 7.67. The summed E-state index contributed by atoms with van der Waals surface area (Å²) in [5, 5.41) is 3.59. The van der Waals surface area contributed by atoms with E-state index in [9.17, 15) is 0 Å². The van der Waals surface area contributed by atoms with Crippen LogP contribution in [0.4, 0.5) is 0 Å². The average Bonchev–Trinajstić information content (AvgIpc) is 2.39. The van der Waals surface area contributed by atoms with Gasteiger partial charge >= 0.3 is 0 Å². The predicted molar refractivity (Wildman–Crippen MR) is 79.2 cm³/mol. The van der Waals surface area contributed by atoms with E-state index in [1.54, 1.807) is 11.1 Å². The molecule has 0 unspecified atom stereocenters. The van der Waals surface area contributed by atoms with Crippen molar-refractivity contribution in [2.24, 2.45) is 0 Å². The molecule has 0 spiro atoms.